The predicted octanol–water partition coefficient (Wildman–Crippen LogP) is 1.90. The van der Waals surface area contributed by atoms with Gasteiger partial charge in [-0.3, -0.25) is 9.59 Å². The van der Waals surface area contributed by atoms with E-state index in [9.17, 15) is 9.59 Å². The average molecular weight is 252 g/mol. The fourth-order valence-electron chi connectivity index (χ4n) is 1.60. The molecule has 17 heavy (non-hydrogen) atoms. The molecule has 1 N–H and O–H groups in total. The van der Waals surface area contributed by atoms with Crippen LogP contribution in [0.5, 0.6) is 0 Å². The molecule has 0 saturated carbocycles. The number of esters is 1. The molecule has 0 spiro atoms. The number of carbonyl (C=O) groups excluding carboxylic acids is 1. The van der Waals surface area contributed by atoms with Crippen LogP contribution in [0.25, 0.3) is 10.9 Å². The Morgan fingerprint density at radius 1 is 1.41 bits per heavy atom. The van der Waals surface area contributed by atoms with E-state index >= 15 is 0 Å². The molecule has 0 radical (unpaired) electrons. The number of benzene rings is 1. The van der Waals surface area contributed by atoms with Crippen molar-refractivity contribution in [3.8, 4) is 0 Å². The van der Waals surface area contributed by atoms with Crippen LogP contribution in [0.3, 0.4) is 0 Å². The van der Waals surface area contributed by atoms with E-state index < -0.39 is 5.97 Å². The van der Waals surface area contributed by atoms with Crippen LogP contribution in [0.1, 0.15) is 5.69 Å². The monoisotopic (exact) mass is 251 g/mol. The molecule has 2 aromatic rings. The molecular formula is C12H10ClNO3. The van der Waals surface area contributed by atoms with Gasteiger partial charge < -0.3 is 9.72 Å². The largest absolute Gasteiger partial charge is 0.469 e. The summed E-state index contributed by atoms with van der Waals surface area (Å²) in [6.45, 7) is 0. The summed E-state index contributed by atoms with van der Waals surface area (Å²) in [6, 6.07) is 6.37. The Morgan fingerprint density at radius 3 is 2.88 bits per heavy atom. The van der Waals surface area contributed by atoms with Crippen LogP contribution in [0, 0.1) is 0 Å². The lowest BCUT2D eigenvalue weighted by Crippen LogP contribution is -2.10. The van der Waals surface area contributed by atoms with Gasteiger partial charge in [0, 0.05) is 27.7 Å². The van der Waals surface area contributed by atoms with Gasteiger partial charge in [0.25, 0.3) is 0 Å². The Bertz CT molecular complexity index is 633. The molecule has 0 aliphatic rings. The van der Waals surface area contributed by atoms with Gasteiger partial charge in [0.05, 0.1) is 13.5 Å². The van der Waals surface area contributed by atoms with Gasteiger partial charge >= 0.3 is 5.97 Å². The topological polar surface area (TPSA) is 59.2 Å². The summed E-state index contributed by atoms with van der Waals surface area (Å²) in [5.41, 5.74) is 1.01. The van der Waals surface area contributed by atoms with E-state index in [-0.39, 0.29) is 11.8 Å². The number of ether oxygens (including phenoxy) is 1. The van der Waals surface area contributed by atoms with Crippen molar-refractivity contribution in [3.05, 3.63) is 45.2 Å². The van der Waals surface area contributed by atoms with Crippen LogP contribution in [0.4, 0.5) is 0 Å². The van der Waals surface area contributed by atoms with Crippen LogP contribution in [-0.2, 0) is 16.0 Å². The van der Waals surface area contributed by atoms with Gasteiger partial charge in [-0.2, -0.15) is 0 Å². The summed E-state index contributed by atoms with van der Waals surface area (Å²) in [6.07, 6.45) is 0.0459. The lowest BCUT2D eigenvalue weighted by Gasteiger charge is -2.03. The van der Waals surface area contributed by atoms with E-state index in [1.54, 1.807) is 18.2 Å². The normalized spacial score (nSPS) is 10.5. The molecule has 0 aliphatic heterocycles. The maximum Gasteiger partial charge on any atom is 0.311 e. The summed E-state index contributed by atoms with van der Waals surface area (Å²) < 4.78 is 4.54. The number of carbonyl (C=O) groups is 1. The molecule has 0 fully saturated rings. The fourth-order valence-corrected chi connectivity index (χ4v) is 1.77. The molecule has 1 aromatic carbocycles. The summed E-state index contributed by atoms with van der Waals surface area (Å²) >= 11 is 5.81. The molecule has 5 heteroatoms. The fraction of sp³-hybridized carbons (Fsp3) is 0.167. The number of halogens is 1. The lowest BCUT2D eigenvalue weighted by atomic mass is 10.1. The first-order valence-electron chi connectivity index (χ1n) is 4.98. The van der Waals surface area contributed by atoms with Gasteiger partial charge in [0.1, 0.15) is 0 Å². The van der Waals surface area contributed by atoms with Gasteiger partial charge in [-0.05, 0) is 18.2 Å². The Kier molecular flexibility index (Phi) is 3.15. The molecule has 0 aliphatic carbocycles. The van der Waals surface area contributed by atoms with Crippen LogP contribution >= 0.6 is 11.6 Å². The van der Waals surface area contributed by atoms with Crippen molar-refractivity contribution < 1.29 is 9.53 Å². The molecule has 1 aromatic heterocycles. The third-order valence-electron chi connectivity index (χ3n) is 2.41. The van der Waals surface area contributed by atoms with E-state index in [0.717, 1.165) is 0 Å². The molecular weight excluding hydrogens is 242 g/mol. The first-order chi connectivity index (χ1) is 8.10. The highest BCUT2D eigenvalue weighted by Crippen LogP contribution is 2.15. The number of hydrogen-bond donors (Lipinski definition) is 1. The van der Waals surface area contributed by atoms with Crippen molar-refractivity contribution in [1.82, 2.24) is 4.98 Å². The predicted molar refractivity (Wildman–Crippen MR) is 65.3 cm³/mol. The summed E-state index contributed by atoms with van der Waals surface area (Å²) in [4.78, 5) is 25.9. The van der Waals surface area contributed by atoms with Crippen LogP contribution < -0.4 is 5.43 Å². The van der Waals surface area contributed by atoms with Crippen LogP contribution in [0.2, 0.25) is 5.02 Å². The number of aromatic nitrogens is 1. The maximum absolute atomic E-state index is 11.8. The molecule has 1 heterocycles. The van der Waals surface area contributed by atoms with E-state index in [4.69, 9.17) is 11.6 Å². The van der Waals surface area contributed by atoms with Crippen molar-refractivity contribution in [2.24, 2.45) is 0 Å². The zero-order chi connectivity index (χ0) is 12.4. The summed E-state index contributed by atoms with van der Waals surface area (Å²) in [5.74, 6) is -0.394. The van der Waals surface area contributed by atoms with Crippen LogP contribution in [-0.4, -0.2) is 18.1 Å². The molecule has 0 saturated heterocycles. The van der Waals surface area contributed by atoms with Crippen molar-refractivity contribution in [3.63, 3.8) is 0 Å². The van der Waals surface area contributed by atoms with Gasteiger partial charge in [-0.1, -0.05) is 11.6 Å². The van der Waals surface area contributed by atoms with Gasteiger partial charge in [-0.25, -0.2) is 0 Å². The lowest BCUT2D eigenvalue weighted by molar-refractivity contribution is -0.139. The van der Waals surface area contributed by atoms with Crippen LogP contribution in [0.15, 0.2) is 29.1 Å². The molecule has 2 rings (SSSR count). The number of nitrogens with one attached hydrogen (secondary N) is 1. The molecule has 88 valence electrons. The smallest absolute Gasteiger partial charge is 0.311 e. The average Bonchev–Trinajstić information content (AvgIpc) is 2.30. The third kappa shape index (κ3) is 2.47. The first-order valence-corrected chi connectivity index (χ1v) is 5.36. The van der Waals surface area contributed by atoms with E-state index in [2.05, 4.69) is 9.72 Å². The van der Waals surface area contributed by atoms with E-state index in [1.807, 2.05) is 0 Å². The number of H-pyrrole nitrogens is 1. The first kappa shape index (κ1) is 11.7. The SMILES string of the molecule is COC(=O)Cc1cc(=O)c2cc(Cl)ccc2[nH]1. The van der Waals surface area contributed by atoms with Gasteiger partial charge in [0.2, 0.25) is 0 Å². The highest BCUT2D eigenvalue weighted by Gasteiger charge is 2.07. The zero-order valence-electron chi connectivity index (χ0n) is 9.12. The highest BCUT2D eigenvalue weighted by molar-refractivity contribution is 6.31. The van der Waals surface area contributed by atoms with Crippen molar-refractivity contribution in [2.75, 3.05) is 7.11 Å². The van der Waals surface area contributed by atoms with Crippen molar-refractivity contribution in [1.29, 1.82) is 0 Å². The second-order valence-electron chi connectivity index (χ2n) is 3.60. The number of pyridine rings is 1. The summed E-state index contributed by atoms with van der Waals surface area (Å²) in [5, 5.41) is 1.01. The van der Waals surface area contributed by atoms with E-state index in [0.29, 0.717) is 21.6 Å². The Balaban J connectivity index is 2.52. The number of methoxy groups -OCH3 is 1. The number of aromatic amines is 1. The second kappa shape index (κ2) is 4.59. The third-order valence-corrected chi connectivity index (χ3v) is 2.65. The van der Waals surface area contributed by atoms with Gasteiger partial charge in [-0.15, -0.1) is 0 Å². The highest BCUT2D eigenvalue weighted by atomic mass is 35.5. The standard InChI is InChI=1S/C12H10ClNO3/c1-17-12(16)6-8-5-11(15)9-4-7(13)2-3-10(9)14-8/h2-5H,6H2,1H3,(H,14,15). The number of rotatable bonds is 2. The van der Waals surface area contributed by atoms with E-state index in [1.165, 1.54) is 13.2 Å². The Labute approximate surface area is 102 Å². The van der Waals surface area contributed by atoms with Crippen molar-refractivity contribution >= 4 is 28.5 Å². The van der Waals surface area contributed by atoms with Gasteiger partial charge in [0.15, 0.2) is 5.43 Å². The number of hydrogen-bond acceptors (Lipinski definition) is 3. The summed E-state index contributed by atoms with van der Waals surface area (Å²) in [7, 11) is 1.31. The molecule has 0 unspecified atom stereocenters. The second-order valence-corrected chi connectivity index (χ2v) is 4.04. The molecule has 0 atom stereocenters. The minimum absolute atomic E-state index is 0.0459. The molecule has 0 amide bonds. The maximum atomic E-state index is 11.8. The van der Waals surface area contributed by atoms with Crippen molar-refractivity contribution in [2.45, 2.75) is 6.42 Å². The molecule has 4 nitrogen and oxygen atoms in total. The minimum atomic E-state index is -0.394. The Hall–Kier alpha value is -1.81. The minimum Gasteiger partial charge on any atom is -0.469 e. The zero-order valence-corrected chi connectivity index (χ0v) is 9.88. The Morgan fingerprint density at radius 2 is 2.18 bits per heavy atom. The quantitative estimate of drug-likeness (QED) is 0.830. The molecule has 0 bridgehead atoms. The number of fused-ring (bicyclic) bond motifs is 1.